The first-order chi connectivity index (χ1) is 15.3. The Morgan fingerprint density at radius 2 is 1.84 bits per heavy atom. The number of hydrogen-bond acceptors (Lipinski definition) is 3. The number of halogens is 2. The van der Waals surface area contributed by atoms with E-state index in [-0.39, 0.29) is 25.0 Å². The lowest BCUT2D eigenvalue weighted by Crippen LogP contribution is -2.50. The molecule has 0 heterocycles. The first-order valence-electron chi connectivity index (χ1n) is 11.0. The first-order valence-corrected chi connectivity index (χ1v) is 11.7. The number of ether oxygens (including phenoxy) is 1. The van der Waals surface area contributed by atoms with Crippen LogP contribution in [0.15, 0.2) is 36.4 Å². The van der Waals surface area contributed by atoms with Crippen molar-refractivity contribution in [1.29, 1.82) is 0 Å². The zero-order chi connectivity index (χ0) is 23.7. The number of amides is 2. The second kappa shape index (κ2) is 12.7. The highest BCUT2D eigenvalue weighted by atomic mass is 35.5. The Morgan fingerprint density at radius 3 is 2.47 bits per heavy atom. The Kier molecular flexibility index (Phi) is 10.3. The maximum absolute atomic E-state index is 13.3. The van der Waals surface area contributed by atoms with E-state index in [2.05, 4.69) is 12.2 Å². The van der Waals surface area contributed by atoms with Crippen LogP contribution in [0.1, 0.15) is 49.8 Å². The molecule has 0 aliphatic heterocycles. The molecule has 0 saturated carbocycles. The van der Waals surface area contributed by atoms with E-state index in [0.29, 0.717) is 28.8 Å². The number of carbonyl (C=O) groups is 2. The molecule has 1 N–H and O–H groups in total. The fourth-order valence-corrected chi connectivity index (χ4v) is 3.91. The normalized spacial score (nSPS) is 11.7. The Balaban J connectivity index is 2.24. The summed E-state index contributed by atoms with van der Waals surface area (Å²) in [5.74, 6) is 0.188. The van der Waals surface area contributed by atoms with Gasteiger partial charge in [-0.05, 0) is 56.0 Å². The van der Waals surface area contributed by atoms with E-state index in [4.69, 9.17) is 27.9 Å². The molecule has 174 valence electrons. The average molecular weight is 479 g/mol. The molecule has 0 spiro atoms. The number of unbranched alkanes of at least 4 members (excludes halogenated alkanes) is 1. The topological polar surface area (TPSA) is 58.6 Å². The lowest BCUT2D eigenvalue weighted by Gasteiger charge is -2.31. The fraction of sp³-hybridized carbons (Fsp3) is 0.440. The number of benzene rings is 2. The lowest BCUT2D eigenvalue weighted by atomic mass is 10.1. The van der Waals surface area contributed by atoms with Crippen LogP contribution in [-0.4, -0.2) is 35.9 Å². The third-order valence-corrected chi connectivity index (χ3v) is 5.84. The summed E-state index contributed by atoms with van der Waals surface area (Å²) < 4.78 is 5.82. The number of carbonyl (C=O) groups excluding carboxylic acids is 2. The van der Waals surface area contributed by atoms with Crippen LogP contribution in [-0.2, 0) is 16.1 Å². The molecule has 1 atom stereocenters. The molecular weight excluding hydrogens is 447 g/mol. The Bertz CT molecular complexity index is 933. The Hall–Kier alpha value is -2.24. The van der Waals surface area contributed by atoms with Crippen molar-refractivity contribution in [2.24, 2.45) is 0 Å². The van der Waals surface area contributed by atoms with Crippen molar-refractivity contribution in [3.8, 4) is 5.75 Å². The van der Waals surface area contributed by atoms with E-state index in [0.717, 1.165) is 29.5 Å². The third-order valence-electron chi connectivity index (χ3n) is 5.25. The fourth-order valence-electron chi connectivity index (χ4n) is 3.44. The minimum atomic E-state index is -0.631. The van der Waals surface area contributed by atoms with Crippen molar-refractivity contribution in [2.45, 2.75) is 59.5 Å². The van der Waals surface area contributed by atoms with Gasteiger partial charge in [-0.15, -0.1) is 0 Å². The second-order valence-electron chi connectivity index (χ2n) is 7.88. The molecule has 7 heteroatoms. The van der Waals surface area contributed by atoms with Crippen LogP contribution in [0.2, 0.25) is 10.0 Å². The highest BCUT2D eigenvalue weighted by Gasteiger charge is 2.29. The zero-order valence-electron chi connectivity index (χ0n) is 19.2. The van der Waals surface area contributed by atoms with E-state index >= 15 is 0 Å². The molecule has 0 radical (unpaired) electrons. The lowest BCUT2D eigenvalue weighted by molar-refractivity contribution is -0.143. The van der Waals surface area contributed by atoms with Crippen molar-refractivity contribution >= 4 is 35.0 Å². The van der Waals surface area contributed by atoms with E-state index in [1.165, 1.54) is 0 Å². The smallest absolute Gasteiger partial charge is 0.261 e. The van der Waals surface area contributed by atoms with Crippen LogP contribution in [0.4, 0.5) is 0 Å². The van der Waals surface area contributed by atoms with Crippen molar-refractivity contribution in [3.63, 3.8) is 0 Å². The van der Waals surface area contributed by atoms with Gasteiger partial charge < -0.3 is 15.0 Å². The summed E-state index contributed by atoms with van der Waals surface area (Å²) in [5.41, 5.74) is 2.79. The number of nitrogens with one attached hydrogen (secondary N) is 1. The van der Waals surface area contributed by atoms with Gasteiger partial charge in [-0.25, -0.2) is 0 Å². The predicted octanol–water partition coefficient (Wildman–Crippen LogP) is 5.71. The molecule has 0 bridgehead atoms. The van der Waals surface area contributed by atoms with Crippen LogP contribution in [0.25, 0.3) is 0 Å². The summed E-state index contributed by atoms with van der Waals surface area (Å²) in [5, 5.41) is 3.90. The molecule has 2 amide bonds. The summed E-state index contributed by atoms with van der Waals surface area (Å²) >= 11 is 12.4. The van der Waals surface area contributed by atoms with Crippen molar-refractivity contribution in [2.75, 3.05) is 13.2 Å². The van der Waals surface area contributed by atoms with Gasteiger partial charge in [0.25, 0.3) is 5.91 Å². The van der Waals surface area contributed by atoms with Gasteiger partial charge in [-0.2, -0.15) is 0 Å². The molecule has 0 aliphatic carbocycles. The monoisotopic (exact) mass is 478 g/mol. The van der Waals surface area contributed by atoms with Crippen molar-refractivity contribution < 1.29 is 14.3 Å². The van der Waals surface area contributed by atoms with Crippen LogP contribution < -0.4 is 10.1 Å². The molecule has 0 aromatic heterocycles. The molecular formula is C25H32Cl2N2O3. The minimum Gasteiger partial charge on any atom is -0.483 e. The predicted molar refractivity (Wildman–Crippen MR) is 130 cm³/mol. The number of rotatable bonds is 11. The molecule has 0 aliphatic rings. The molecule has 0 unspecified atom stereocenters. The van der Waals surface area contributed by atoms with E-state index < -0.39 is 6.04 Å². The number of nitrogens with zero attached hydrogens (tertiary/aromatic N) is 1. The van der Waals surface area contributed by atoms with Gasteiger partial charge >= 0.3 is 0 Å². The standard InChI is InChI=1S/C25H32Cl2N2O3/c1-5-7-12-28-25(31)22(6-2)29(15-19-9-10-20(26)14-21(19)27)24(30)16-32-23-11-8-17(3)13-18(23)4/h8-11,13-14,22H,5-7,12,15-16H2,1-4H3,(H,28,31)/t22-/m0/s1. The first kappa shape index (κ1) is 26.0. The molecule has 0 saturated heterocycles. The van der Waals surface area contributed by atoms with Gasteiger partial charge in [0, 0.05) is 23.1 Å². The van der Waals surface area contributed by atoms with Gasteiger partial charge in [0.2, 0.25) is 5.91 Å². The van der Waals surface area contributed by atoms with Crippen LogP contribution >= 0.6 is 23.2 Å². The van der Waals surface area contributed by atoms with Gasteiger partial charge in [0.1, 0.15) is 11.8 Å². The van der Waals surface area contributed by atoms with Crippen LogP contribution in [0.5, 0.6) is 5.75 Å². The molecule has 2 aromatic carbocycles. The van der Waals surface area contributed by atoms with Crippen LogP contribution in [0, 0.1) is 13.8 Å². The number of aryl methyl sites for hydroxylation is 2. The van der Waals surface area contributed by atoms with E-state index in [9.17, 15) is 9.59 Å². The van der Waals surface area contributed by atoms with Gasteiger partial charge in [-0.3, -0.25) is 9.59 Å². The summed E-state index contributed by atoms with van der Waals surface area (Å²) in [6.45, 7) is 8.48. The summed E-state index contributed by atoms with van der Waals surface area (Å²) in [7, 11) is 0. The third kappa shape index (κ3) is 7.42. The Morgan fingerprint density at radius 1 is 1.09 bits per heavy atom. The summed E-state index contributed by atoms with van der Waals surface area (Å²) in [6.07, 6.45) is 2.33. The summed E-state index contributed by atoms with van der Waals surface area (Å²) in [6, 6.07) is 10.3. The largest absolute Gasteiger partial charge is 0.483 e. The molecule has 5 nitrogen and oxygen atoms in total. The molecule has 32 heavy (non-hydrogen) atoms. The van der Waals surface area contributed by atoms with Gasteiger partial charge in [0.05, 0.1) is 0 Å². The van der Waals surface area contributed by atoms with Gasteiger partial charge in [0.15, 0.2) is 6.61 Å². The SMILES string of the molecule is CCCCNC(=O)[C@H](CC)N(Cc1ccc(Cl)cc1Cl)C(=O)COc1ccc(C)cc1C. The average Bonchev–Trinajstić information content (AvgIpc) is 2.74. The quantitative estimate of drug-likeness (QED) is 0.420. The van der Waals surface area contributed by atoms with Gasteiger partial charge in [-0.1, -0.05) is 67.2 Å². The summed E-state index contributed by atoms with van der Waals surface area (Å²) in [4.78, 5) is 27.7. The van der Waals surface area contributed by atoms with Crippen LogP contribution in [0.3, 0.4) is 0 Å². The maximum Gasteiger partial charge on any atom is 0.261 e. The number of hydrogen-bond donors (Lipinski definition) is 1. The maximum atomic E-state index is 13.3. The minimum absolute atomic E-state index is 0.173. The van der Waals surface area contributed by atoms with E-state index in [1.54, 1.807) is 23.1 Å². The highest BCUT2D eigenvalue weighted by molar-refractivity contribution is 6.35. The van der Waals surface area contributed by atoms with Crippen molar-refractivity contribution in [1.82, 2.24) is 10.2 Å². The molecule has 2 aromatic rings. The second-order valence-corrected chi connectivity index (χ2v) is 8.73. The zero-order valence-corrected chi connectivity index (χ0v) is 20.7. The van der Waals surface area contributed by atoms with Crippen molar-refractivity contribution in [3.05, 3.63) is 63.1 Å². The highest BCUT2D eigenvalue weighted by Crippen LogP contribution is 2.24. The molecule has 2 rings (SSSR count). The van der Waals surface area contributed by atoms with E-state index in [1.807, 2.05) is 39.0 Å². The molecule has 0 fully saturated rings. The Labute approximate surface area is 201 Å².